The second-order valence-corrected chi connectivity index (χ2v) is 5.69. The van der Waals surface area contributed by atoms with E-state index in [1.165, 1.54) is 0 Å². The van der Waals surface area contributed by atoms with E-state index in [2.05, 4.69) is 6.92 Å². The molecule has 0 rings (SSSR count). The van der Waals surface area contributed by atoms with Gasteiger partial charge in [-0.25, -0.2) is 0 Å². The van der Waals surface area contributed by atoms with Gasteiger partial charge >= 0.3 is 8.80 Å². The van der Waals surface area contributed by atoms with Gasteiger partial charge in [-0.05, 0) is 6.92 Å². The van der Waals surface area contributed by atoms with Crippen LogP contribution in [0.15, 0.2) is 12.2 Å². The van der Waals surface area contributed by atoms with Crippen LogP contribution < -0.4 is 0 Å². The van der Waals surface area contributed by atoms with Gasteiger partial charge in [-0.3, -0.25) is 0 Å². The Morgan fingerprint density at radius 1 is 1.23 bits per heavy atom. The molecule has 0 unspecified atom stereocenters. The van der Waals surface area contributed by atoms with E-state index in [0.29, 0.717) is 6.61 Å². The van der Waals surface area contributed by atoms with E-state index in [9.17, 15) is 0 Å². The standard InChI is InChI=1S/C9H20O3Si/c1-5-7-8-12-13(10-3,11-4)9-6-2/h5,7H,6,8-9H2,1-4H3. The van der Waals surface area contributed by atoms with Crippen molar-refractivity contribution in [2.24, 2.45) is 0 Å². The van der Waals surface area contributed by atoms with E-state index in [0.717, 1.165) is 12.5 Å². The molecule has 0 saturated carbocycles. The number of allylic oxidation sites excluding steroid dienone is 1. The summed E-state index contributed by atoms with van der Waals surface area (Å²) in [5.41, 5.74) is 0. The molecule has 0 bridgehead atoms. The van der Waals surface area contributed by atoms with Crippen LogP contribution in [0, 0.1) is 0 Å². The first-order valence-electron chi connectivity index (χ1n) is 4.60. The SMILES string of the molecule is CC=CCO[Si](CCC)(OC)OC. The average molecular weight is 204 g/mol. The number of hydrogen-bond acceptors (Lipinski definition) is 3. The van der Waals surface area contributed by atoms with E-state index in [4.69, 9.17) is 13.3 Å². The molecular weight excluding hydrogens is 184 g/mol. The first-order valence-corrected chi connectivity index (χ1v) is 6.53. The van der Waals surface area contributed by atoms with Crippen LogP contribution in [0.1, 0.15) is 20.3 Å². The topological polar surface area (TPSA) is 27.7 Å². The molecule has 0 amide bonds. The molecule has 0 spiro atoms. The molecule has 0 aliphatic heterocycles. The van der Waals surface area contributed by atoms with Gasteiger partial charge in [0.05, 0.1) is 6.61 Å². The molecule has 0 aromatic heterocycles. The summed E-state index contributed by atoms with van der Waals surface area (Å²) >= 11 is 0. The second kappa shape index (κ2) is 7.26. The summed E-state index contributed by atoms with van der Waals surface area (Å²) in [7, 11) is 0.976. The van der Waals surface area contributed by atoms with Crippen molar-refractivity contribution in [3.05, 3.63) is 12.2 Å². The zero-order valence-electron chi connectivity index (χ0n) is 9.00. The molecule has 0 aromatic rings. The molecule has 0 aliphatic rings. The highest BCUT2D eigenvalue weighted by Crippen LogP contribution is 2.15. The Kier molecular flexibility index (Phi) is 7.17. The lowest BCUT2D eigenvalue weighted by Gasteiger charge is -2.25. The van der Waals surface area contributed by atoms with E-state index in [1.54, 1.807) is 14.2 Å². The fourth-order valence-electron chi connectivity index (χ4n) is 1.05. The summed E-state index contributed by atoms with van der Waals surface area (Å²) in [4.78, 5) is 0. The third-order valence-electron chi connectivity index (χ3n) is 1.81. The fourth-order valence-corrected chi connectivity index (χ4v) is 2.97. The van der Waals surface area contributed by atoms with E-state index in [-0.39, 0.29) is 0 Å². The van der Waals surface area contributed by atoms with Crippen molar-refractivity contribution >= 4 is 8.80 Å². The Morgan fingerprint density at radius 2 is 1.85 bits per heavy atom. The Bertz CT molecular complexity index is 144. The van der Waals surface area contributed by atoms with Crippen LogP contribution in [0.2, 0.25) is 6.04 Å². The molecular formula is C9H20O3Si. The summed E-state index contributed by atoms with van der Waals surface area (Å²) in [5, 5.41) is 0. The Hall–Kier alpha value is -0.163. The first-order chi connectivity index (χ1) is 6.24. The van der Waals surface area contributed by atoms with Crippen LogP contribution in [0.5, 0.6) is 0 Å². The predicted octanol–water partition coefficient (Wildman–Crippen LogP) is 2.22. The Balaban J connectivity index is 4.04. The van der Waals surface area contributed by atoms with Gasteiger partial charge in [0.25, 0.3) is 0 Å². The van der Waals surface area contributed by atoms with Crippen LogP contribution in [-0.4, -0.2) is 29.6 Å². The van der Waals surface area contributed by atoms with Gasteiger partial charge < -0.3 is 13.3 Å². The summed E-state index contributed by atoms with van der Waals surface area (Å²) in [6, 6.07) is 0.873. The van der Waals surface area contributed by atoms with Crippen LogP contribution in [0.25, 0.3) is 0 Å². The molecule has 0 radical (unpaired) electrons. The second-order valence-electron chi connectivity index (χ2n) is 2.72. The van der Waals surface area contributed by atoms with Gasteiger partial charge in [0, 0.05) is 20.3 Å². The monoisotopic (exact) mass is 204 g/mol. The molecule has 3 nitrogen and oxygen atoms in total. The molecule has 0 aliphatic carbocycles. The minimum absolute atomic E-state index is 0.574. The van der Waals surface area contributed by atoms with Crippen molar-refractivity contribution in [2.75, 3.05) is 20.8 Å². The minimum atomic E-state index is -2.33. The van der Waals surface area contributed by atoms with Crippen LogP contribution in [0.3, 0.4) is 0 Å². The molecule has 4 heteroatoms. The molecule has 0 atom stereocenters. The van der Waals surface area contributed by atoms with Gasteiger partial charge in [0.15, 0.2) is 0 Å². The molecule has 0 aromatic carbocycles. The normalized spacial score (nSPS) is 12.6. The number of rotatable bonds is 7. The van der Waals surface area contributed by atoms with Crippen molar-refractivity contribution in [3.8, 4) is 0 Å². The number of hydrogen-bond donors (Lipinski definition) is 0. The van der Waals surface area contributed by atoms with Gasteiger partial charge in [0.2, 0.25) is 0 Å². The lowest BCUT2D eigenvalue weighted by Crippen LogP contribution is -2.43. The molecule has 0 heterocycles. The smallest absolute Gasteiger partial charge is 0.377 e. The average Bonchev–Trinajstić information content (AvgIpc) is 2.17. The maximum atomic E-state index is 5.62. The first kappa shape index (κ1) is 12.8. The minimum Gasteiger partial charge on any atom is -0.377 e. The molecule has 0 fully saturated rings. The molecule has 0 saturated heterocycles. The molecule has 13 heavy (non-hydrogen) atoms. The van der Waals surface area contributed by atoms with Gasteiger partial charge in [-0.1, -0.05) is 25.5 Å². The quantitative estimate of drug-likeness (QED) is 0.470. The van der Waals surface area contributed by atoms with Crippen LogP contribution >= 0.6 is 0 Å². The molecule has 78 valence electrons. The van der Waals surface area contributed by atoms with Crippen LogP contribution in [0.4, 0.5) is 0 Å². The summed E-state index contributed by atoms with van der Waals surface area (Å²) in [5.74, 6) is 0. The Labute approximate surface area is 82.1 Å². The third kappa shape index (κ3) is 4.57. The van der Waals surface area contributed by atoms with E-state index in [1.807, 2.05) is 19.1 Å². The summed E-state index contributed by atoms with van der Waals surface area (Å²) < 4.78 is 16.3. The lowest BCUT2D eigenvalue weighted by atomic mass is 10.6. The third-order valence-corrected chi connectivity index (χ3v) is 4.78. The lowest BCUT2D eigenvalue weighted by molar-refractivity contribution is 0.110. The maximum absolute atomic E-state index is 5.62. The van der Waals surface area contributed by atoms with Crippen molar-refractivity contribution in [1.29, 1.82) is 0 Å². The van der Waals surface area contributed by atoms with Crippen molar-refractivity contribution in [3.63, 3.8) is 0 Å². The molecule has 0 N–H and O–H groups in total. The summed E-state index contributed by atoms with van der Waals surface area (Å²) in [6.07, 6.45) is 4.93. The predicted molar refractivity (Wildman–Crippen MR) is 55.6 cm³/mol. The Morgan fingerprint density at radius 3 is 2.23 bits per heavy atom. The fraction of sp³-hybridized carbons (Fsp3) is 0.778. The van der Waals surface area contributed by atoms with Gasteiger partial charge in [-0.2, -0.15) is 0 Å². The maximum Gasteiger partial charge on any atom is 0.500 e. The van der Waals surface area contributed by atoms with E-state index >= 15 is 0 Å². The van der Waals surface area contributed by atoms with Crippen molar-refractivity contribution in [2.45, 2.75) is 26.3 Å². The zero-order chi connectivity index (χ0) is 10.2. The highest BCUT2D eigenvalue weighted by Gasteiger charge is 2.37. The van der Waals surface area contributed by atoms with Gasteiger partial charge in [0.1, 0.15) is 0 Å². The zero-order valence-corrected chi connectivity index (χ0v) is 10.0. The van der Waals surface area contributed by atoms with Crippen molar-refractivity contribution < 1.29 is 13.3 Å². The van der Waals surface area contributed by atoms with Crippen LogP contribution in [-0.2, 0) is 13.3 Å². The van der Waals surface area contributed by atoms with Gasteiger partial charge in [-0.15, -0.1) is 0 Å². The summed E-state index contributed by atoms with van der Waals surface area (Å²) in [6.45, 7) is 4.63. The highest BCUT2D eigenvalue weighted by molar-refractivity contribution is 6.60. The highest BCUT2D eigenvalue weighted by atomic mass is 28.4. The largest absolute Gasteiger partial charge is 0.500 e. The van der Waals surface area contributed by atoms with Crippen molar-refractivity contribution in [1.82, 2.24) is 0 Å². The van der Waals surface area contributed by atoms with E-state index < -0.39 is 8.80 Å².